The highest BCUT2D eigenvalue weighted by molar-refractivity contribution is 7.22. The summed E-state index contributed by atoms with van der Waals surface area (Å²) < 4.78 is 10.2. The lowest BCUT2D eigenvalue weighted by atomic mass is 9.95. The molecule has 5 heteroatoms. The fourth-order valence-corrected chi connectivity index (χ4v) is 10.4. The van der Waals surface area contributed by atoms with Crippen molar-refractivity contribution in [2.24, 2.45) is 9.98 Å². The molecule has 60 heavy (non-hydrogen) atoms. The van der Waals surface area contributed by atoms with E-state index in [0.717, 1.165) is 55.6 Å². The normalized spacial score (nSPS) is 12.2. The number of fused-ring (bicyclic) bond motifs is 10. The molecule has 0 amide bonds. The predicted octanol–water partition coefficient (Wildman–Crippen LogP) is 15.2. The highest BCUT2D eigenvalue weighted by Crippen LogP contribution is 2.44. The highest BCUT2D eigenvalue weighted by atomic mass is 32.1. The van der Waals surface area contributed by atoms with E-state index in [1.54, 1.807) is 11.3 Å². The Kier molecular flexibility index (Phi) is 7.90. The molecule has 12 aromatic rings. The van der Waals surface area contributed by atoms with Gasteiger partial charge in [0.05, 0.1) is 11.0 Å². The number of thiophene rings is 1. The lowest BCUT2D eigenvalue weighted by Crippen LogP contribution is -1.98. The van der Waals surface area contributed by atoms with Crippen LogP contribution >= 0.6 is 11.3 Å². The van der Waals surface area contributed by atoms with Crippen LogP contribution in [0.2, 0.25) is 0 Å². The molecule has 0 N–H and O–H groups in total. The SMILES string of the molecule is C=NC(=Nc1sc2ccccc2c1Cc1ccc2ccccc2c1)c1cccc2oc3ccc(-n4c5ccccc5c5c6ccccc6c(-c6ccccc6)cc54)cc3c12. The molecule has 9 aromatic carbocycles. The van der Waals surface area contributed by atoms with Crippen molar-refractivity contribution < 1.29 is 4.42 Å². The molecular formula is C55H35N3OS. The van der Waals surface area contributed by atoms with Gasteiger partial charge in [0.2, 0.25) is 0 Å². The molecular weight excluding hydrogens is 751 g/mol. The molecule has 0 spiro atoms. The van der Waals surface area contributed by atoms with E-state index in [-0.39, 0.29) is 0 Å². The maximum atomic E-state index is 6.58. The van der Waals surface area contributed by atoms with Crippen molar-refractivity contribution in [2.75, 3.05) is 0 Å². The first-order chi connectivity index (χ1) is 29.7. The maximum absolute atomic E-state index is 6.58. The smallest absolute Gasteiger partial charge is 0.160 e. The van der Waals surface area contributed by atoms with Crippen LogP contribution in [0.25, 0.3) is 92.2 Å². The van der Waals surface area contributed by atoms with E-state index in [4.69, 9.17) is 9.41 Å². The number of para-hydroxylation sites is 1. The number of amidine groups is 1. The summed E-state index contributed by atoms with van der Waals surface area (Å²) in [6.07, 6.45) is 0.750. The lowest BCUT2D eigenvalue weighted by molar-refractivity contribution is 0.669. The van der Waals surface area contributed by atoms with Crippen LogP contribution in [0.3, 0.4) is 0 Å². The van der Waals surface area contributed by atoms with Crippen LogP contribution in [0, 0.1) is 0 Å². The molecule has 0 radical (unpaired) electrons. The Bertz CT molecular complexity index is 3720. The number of hydrogen-bond acceptors (Lipinski definition) is 3. The Morgan fingerprint density at radius 2 is 1.30 bits per heavy atom. The molecule has 12 rings (SSSR count). The second-order valence-corrected chi connectivity index (χ2v) is 16.4. The van der Waals surface area contributed by atoms with Crippen molar-refractivity contribution in [3.05, 3.63) is 205 Å². The van der Waals surface area contributed by atoms with Crippen LogP contribution in [0.15, 0.2) is 202 Å². The van der Waals surface area contributed by atoms with Crippen LogP contribution in [-0.2, 0) is 6.42 Å². The molecule has 0 bridgehead atoms. The Morgan fingerprint density at radius 3 is 2.17 bits per heavy atom. The van der Waals surface area contributed by atoms with Gasteiger partial charge in [-0.05, 0) is 92.8 Å². The molecule has 0 aliphatic rings. The second kappa shape index (κ2) is 13.8. The van der Waals surface area contributed by atoms with Crippen molar-refractivity contribution in [3.8, 4) is 16.8 Å². The topological polar surface area (TPSA) is 42.8 Å². The van der Waals surface area contributed by atoms with Gasteiger partial charge >= 0.3 is 0 Å². The molecule has 3 heterocycles. The first-order valence-electron chi connectivity index (χ1n) is 20.2. The molecule has 0 fully saturated rings. The summed E-state index contributed by atoms with van der Waals surface area (Å²) in [5.74, 6) is 0.566. The van der Waals surface area contributed by atoms with Gasteiger partial charge in [-0.25, -0.2) is 9.98 Å². The monoisotopic (exact) mass is 785 g/mol. The van der Waals surface area contributed by atoms with E-state index in [1.165, 1.54) is 64.7 Å². The van der Waals surface area contributed by atoms with Gasteiger partial charge in [0.1, 0.15) is 16.2 Å². The first kappa shape index (κ1) is 34.4. The summed E-state index contributed by atoms with van der Waals surface area (Å²) in [7, 11) is 0. The molecule has 0 aliphatic heterocycles. The van der Waals surface area contributed by atoms with Gasteiger partial charge < -0.3 is 8.98 Å². The third-order valence-corrected chi connectivity index (χ3v) is 13.1. The summed E-state index contributed by atoms with van der Waals surface area (Å²) in [6.45, 7) is 4.08. The molecule has 0 unspecified atom stereocenters. The number of nitrogens with zero attached hydrogens (tertiary/aromatic N) is 3. The van der Waals surface area contributed by atoms with Gasteiger partial charge in [0.15, 0.2) is 5.84 Å². The average Bonchev–Trinajstić information content (AvgIpc) is 3.97. The molecule has 0 aliphatic carbocycles. The summed E-state index contributed by atoms with van der Waals surface area (Å²) in [5, 5.41) is 11.5. The Labute approximate surface area is 349 Å². The van der Waals surface area contributed by atoms with Crippen molar-refractivity contribution in [3.63, 3.8) is 0 Å². The van der Waals surface area contributed by atoms with Crippen molar-refractivity contribution in [1.82, 2.24) is 4.57 Å². The lowest BCUT2D eigenvalue weighted by Gasteiger charge is -2.12. The van der Waals surface area contributed by atoms with Crippen LogP contribution in [-0.4, -0.2) is 17.1 Å². The van der Waals surface area contributed by atoms with E-state index >= 15 is 0 Å². The van der Waals surface area contributed by atoms with Gasteiger partial charge in [-0.15, -0.1) is 11.3 Å². The molecule has 4 nitrogen and oxygen atoms in total. The zero-order valence-electron chi connectivity index (χ0n) is 32.5. The quantitative estimate of drug-likeness (QED) is 0.122. The second-order valence-electron chi connectivity index (χ2n) is 15.4. The minimum Gasteiger partial charge on any atom is -0.456 e. The maximum Gasteiger partial charge on any atom is 0.160 e. The minimum atomic E-state index is 0.566. The van der Waals surface area contributed by atoms with Crippen molar-refractivity contribution in [2.45, 2.75) is 6.42 Å². The number of hydrogen-bond donors (Lipinski definition) is 0. The van der Waals surface area contributed by atoms with Crippen LogP contribution in [0.4, 0.5) is 5.00 Å². The van der Waals surface area contributed by atoms with E-state index in [1.807, 2.05) is 12.1 Å². The third kappa shape index (κ3) is 5.44. The number of aromatic nitrogens is 1. The van der Waals surface area contributed by atoms with Gasteiger partial charge in [0.25, 0.3) is 0 Å². The minimum absolute atomic E-state index is 0.566. The summed E-state index contributed by atoms with van der Waals surface area (Å²) in [4.78, 5) is 9.99. The van der Waals surface area contributed by atoms with Crippen molar-refractivity contribution >= 4 is 104 Å². The van der Waals surface area contributed by atoms with Crippen molar-refractivity contribution in [1.29, 1.82) is 0 Å². The van der Waals surface area contributed by atoms with E-state index in [0.29, 0.717) is 5.84 Å². The largest absolute Gasteiger partial charge is 0.456 e. The first-order valence-corrected chi connectivity index (χ1v) is 21.0. The Morgan fingerprint density at radius 1 is 0.550 bits per heavy atom. The zero-order chi connectivity index (χ0) is 39.7. The van der Waals surface area contributed by atoms with E-state index in [9.17, 15) is 0 Å². The number of aliphatic imine (C=N–C) groups is 2. The van der Waals surface area contributed by atoms with Gasteiger partial charge in [0, 0.05) is 49.5 Å². The fourth-order valence-electron chi connectivity index (χ4n) is 9.28. The van der Waals surface area contributed by atoms with Gasteiger partial charge in [-0.2, -0.15) is 0 Å². The van der Waals surface area contributed by atoms with Gasteiger partial charge in [-0.3, -0.25) is 0 Å². The summed E-state index contributed by atoms with van der Waals surface area (Å²) >= 11 is 1.70. The molecule has 0 saturated heterocycles. The fraction of sp³-hybridized carbons (Fsp3) is 0.0182. The molecule has 0 saturated carbocycles. The predicted molar refractivity (Wildman–Crippen MR) is 255 cm³/mol. The van der Waals surface area contributed by atoms with E-state index < -0.39 is 0 Å². The van der Waals surface area contributed by atoms with E-state index in [2.05, 4.69) is 192 Å². The number of benzene rings is 9. The Balaban J connectivity index is 1.05. The molecule has 282 valence electrons. The van der Waals surface area contributed by atoms with Crippen LogP contribution in [0.5, 0.6) is 0 Å². The van der Waals surface area contributed by atoms with Crippen LogP contribution in [0.1, 0.15) is 16.7 Å². The zero-order valence-corrected chi connectivity index (χ0v) is 33.3. The Hall–Kier alpha value is -7.60. The average molecular weight is 786 g/mol. The summed E-state index contributed by atoms with van der Waals surface area (Å²) in [6, 6.07) is 67.1. The standard InChI is InChI=1S/C55H35N3OS/c1-56-54(57-55-45(40-19-10-12-25-51(40)60-55)31-34-26-27-35-14-5-6-17-37(35)30-34)43-22-13-24-50-53(43)46-32-38(28-29-49(46)59-50)58-47-23-11-9-21-42(47)52-41-20-8-7-18-39(41)44(33-48(52)58)36-15-3-2-4-16-36/h2-30,32-33H,1,31H2. The summed E-state index contributed by atoms with van der Waals surface area (Å²) in [5.41, 5.74) is 10.6. The molecule has 0 atom stereocenters. The number of furan rings is 1. The number of rotatable bonds is 6. The van der Waals surface area contributed by atoms with Crippen LogP contribution < -0.4 is 0 Å². The molecule has 3 aromatic heterocycles. The third-order valence-electron chi connectivity index (χ3n) is 12.0. The highest BCUT2D eigenvalue weighted by Gasteiger charge is 2.21. The van der Waals surface area contributed by atoms with Gasteiger partial charge in [-0.1, -0.05) is 146 Å².